The van der Waals surface area contributed by atoms with E-state index in [0.717, 1.165) is 5.52 Å². The second-order valence-corrected chi connectivity index (χ2v) is 3.31. The number of rotatable bonds is 2. The minimum Gasteiger partial charge on any atom is -0.441 e. The van der Waals surface area contributed by atoms with Crippen molar-refractivity contribution in [3.8, 4) is 0 Å². The van der Waals surface area contributed by atoms with Gasteiger partial charge >= 0.3 is 0 Å². The molecular weight excluding hydrogens is 198 g/mol. The number of ketones is 1. The Kier molecular flexibility index (Phi) is 2.29. The van der Waals surface area contributed by atoms with Crippen LogP contribution in [-0.4, -0.2) is 16.5 Å². The Labute approximate surface area is 86.5 Å². The summed E-state index contributed by atoms with van der Waals surface area (Å²) in [5.74, 6) is 0.814. The van der Waals surface area contributed by atoms with Crippen LogP contribution in [0.25, 0.3) is 11.1 Å². The molecule has 0 fully saturated rings. The number of carbonyl (C=O) groups excluding carboxylic acids is 1. The summed E-state index contributed by atoms with van der Waals surface area (Å²) >= 11 is 3.93. The minimum atomic E-state index is -0.00381. The summed E-state index contributed by atoms with van der Waals surface area (Å²) in [6.45, 7) is 1.78. The largest absolute Gasteiger partial charge is 0.441 e. The molecule has 0 aliphatic heterocycles. The van der Waals surface area contributed by atoms with Crippen molar-refractivity contribution in [1.82, 2.24) is 4.98 Å². The van der Waals surface area contributed by atoms with Crippen LogP contribution in [0.5, 0.6) is 0 Å². The van der Waals surface area contributed by atoms with Gasteiger partial charge in [-0.05, 0) is 18.2 Å². The van der Waals surface area contributed by atoms with E-state index in [1.807, 2.05) is 0 Å². The highest BCUT2D eigenvalue weighted by Gasteiger charge is 2.07. The molecule has 0 aliphatic carbocycles. The van der Waals surface area contributed by atoms with Gasteiger partial charge in [0.15, 0.2) is 17.3 Å². The van der Waals surface area contributed by atoms with E-state index in [9.17, 15) is 4.79 Å². The second-order valence-electron chi connectivity index (χ2n) is 3.00. The Hall–Kier alpha value is -1.29. The first kappa shape index (κ1) is 9.27. The summed E-state index contributed by atoms with van der Waals surface area (Å²) in [6.07, 6.45) is 0. The van der Waals surface area contributed by atoms with Crippen molar-refractivity contribution in [3.05, 3.63) is 29.7 Å². The number of benzene rings is 1. The molecule has 0 amide bonds. The number of hydrogen-bond donors (Lipinski definition) is 1. The first-order valence-corrected chi connectivity index (χ1v) is 4.85. The van der Waals surface area contributed by atoms with Crippen molar-refractivity contribution in [2.75, 3.05) is 5.75 Å². The van der Waals surface area contributed by atoms with Gasteiger partial charge in [0.2, 0.25) is 0 Å². The maximum absolute atomic E-state index is 11.3. The number of thiol groups is 1. The number of aromatic nitrogens is 1. The molecule has 3 nitrogen and oxygen atoms in total. The molecule has 0 saturated carbocycles. The number of oxazole rings is 1. The van der Waals surface area contributed by atoms with Crippen LogP contribution in [-0.2, 0) is 0 Å². The number of fused-ring (bicyclic) bond motifs is 1. The number of hydrogen-bond acceptors (Lipinski definition) is 4. The number of carbonyl (C=O) groups is 1. The molecule has 0 radical (unpaired) electrons. The van der Waals surface area contributed by atoms with Crippen LogP contribution in [0.3, 0.4) is 0 Å². The van der Waals surface area contributed by atoms with Gasteiger partial charge in [-0.1, -0.05) is 0 Å². The molecule has 14 heavy (non-hydrogen) atoms. The Balaban J connectivity index is 2.55. The zero-order chi connectivity index (χ0) is 10.1. The number of aryl methyl sites for hydroxylation is 1. The van der Waals surface area contributed by atoms with Gasteiger partial charge < -0.3 is 4.42 Å². The summed E-state index contributed by atoms with van der Waals surface area (Å²) < 4.78 is 5.29. The van der Waals surface area contributed by atoms with Crippen molar-refractivity contribution in [3.63, 3.8) is 0 Å². The third-order valence-electron chi connectivity index (χ3n) is 1.96. The lowest BCUT2D eigenvalue weighted by atomic mass is 10.1. The fourth-order valence-corrected chi connectivity index (χ4v) is 1.49. The lowest BCUT2D eigenvalue weighted by molar-refractivity contribution is 0.102. The van der Waals surface area contributed by atoms with Gasteiger partial charge in [-0.15, -0.1) is 0 Å². The highest BCUT2D eigenvalue weighted by Crippen LogP contribution is 2.17. The zero-order valence-electron chi connectivity index (χ0n) is 7.65. The summed E-state index contributed by atoms with van der Waals surface area (Å²) in [5.41, 5.74) is 2.05. The fraction of sp³-hybridized carbons (Fsp3) is 0.200. The average Bonchev–Trinajstić information content (AvgIpc) is 2.55. The molecule has 4 heteroatoms. The van der Waals surface area contributed by atoms with Gasteiger partial charge in [0.05, 0.1) is 5.75 Å². The van der Waals surface area contributed by atoms with E-state index in [1.54, 1.807) is 25.1 Å². The molecule has 2 aromatic rings. The van der Waals surface area contributed by atoms with Crippen LogP contribution in [0.15, 0.2) is 22.6 Å². The second kappa shape index (κ2) is 3.46. The van der Waals surface area contributed by atoms with Crippen molar-refractivity contribution >= 4 is 29.5 Å². The quantitative estimate of drug-likeness (QED) is 0.606. The predicted octanol–water partition coefficient (Wildman–Crippen LogP) is 2.25. The molecule has 0 spiro atoms. The third kappa shape index (κ3) is 1.53. The maximum atomic E-state index is 11.3. The molecule has 2 rings (SSSR count). The van der Waals surface area contributed by atoms with Crippen molar-refractivity contribution in [1.29, 1.82) is 0 Å². The fourth-order valence-electron chi connectivity index (χ4n) is 1.31. The zero-order valence-corrected chi connectivity index (χ0v) is 8.54. The van der Waals surface area contributed by atoms with Gasteiger partial charge in [0.1, 0.15) is 5.52 Å². The van der Waals surface area contributed by atoms with Crippen molar-refractivity contribution in [2.45, 2.75) is 6.92 Å². The van der Waals surface area contributed by atoms with Gasteiger partial charge in [0, 0.05) is 12.5 Å². The lowest BCUT2D eigenvalue weighted by Gasteiger charge is -1.95. The molecule has 0 N–H and O–H groups in total. The summed E-state index contributed by atoms with van der Waals surface area (Å²) in [4.78, 5) is 15.5. The smallest absolute Gasteiger partial charge is 0.192 e. The molecular formula is C10H9NO2S. The predicted molar refractivity (Wildman–Crippen MR) is 56.9 cm³/mol. The first-order chi connectivity index (χ1) is 6.70. The molecule has 0 atom stereocenters. The Morgan fingerprint density at radius 2 is 2.36 bits per heavy atom. The number of Topliss-reactive ketones (excluding diaryl/α,β-unsaturated/α-hetero) is 1. The van der Waals surface area contributed by atoms with E-state index in [0.29, 0.717) is 17.0 Å². The molecule has 0 unspecified atom stereocenters. The molecule has 0 aliphatic rings. The average molecular weight is 207 g/mol. The van der Waals surface area contributed by atoms with Crippen LogP contribution in [0.1, 0.15) is 16.2 Å². The standard InChI is InChI=1S/C10H9NO2S/c1-6-11-8-4-7(9(12)5-14)2-3-10(8)13-6/h2-4,14H,5H2,1H3. The summed E-state index contributed by atoms with van der Waals surface area (Å²) in [7, 11) is 0. The van der Waals surface area contributed by atoms with Crippen LogP contribution in [0, 0.1) is 6.92 Å². The molecule has 72 valence electrons. The highest BCUT2D eigenvalue weighted by molar-refractivity contribution is 7.81. The maximum Gasteiger partial charge on any atom is 0.192 e. The lowest BCUT2D eigenvalue weighted by Crippen LogP contribution is -1.99. The van der Waals surface area contributed by atoms with E-state index in [4.69, 9.17) is 4.42 Å². The molecule has 1 aromatic heterocycles. The Morgan fingerprint density at radius 3 is 3.07 bits per heavy atom. The Bertz CT molecular complexity index is 490. The molecule has 1 aromatic carbocycles. The van der Waals surface area contributed by atoms with Gasteiger partial charge in [-0.25, -0.2) is 4.98 Å². The Morgan fingerprint density at radius 1 is 1.57 bits per heavy atom. The SMILES string of the molecule is Cc1nc2cc(C(=O)CS)ccc2o1. The number of nitrogens with zero attached hydrogens (tertiary/aromatic N) is 1. The van der Waals surface area contributed by atoms with Crippen molar-refractivity contribution < 1.29 is 9.21 Å². The molecule has 0 saturated heterocycles. The highest BCUT2D eigenvalue weighted by atomic mass is 32.1. The van der Waals surface area contributed by atoms with E-state index >= 15 is 0 Å². The van der Waals surface area contributed by atoms with E-state index in [-0.39, 0.29) is 11.5 Å². The van der Waals surface area contributed by atoms with Crippen LogP contribution in [0.2, 0.25) is 0 Å². The van der Waals surface area contributed by atoms with Crippen LogP contribution >= 0.6 is 12.6 Å². The van der Waals surface area contributed by atoms with Crippen LogP contribution < -0.4 is 0 Å². The van der Waals surface area contributed by atoms with Crippen molar-refractivity contribution in [2.24, 2.45) is 0 Å². The first-order valence-electron chi connectivity index (χ1n) is 4.22. The van der Waals surface area contributed by atoms with Gasteiger partial charge in [-0.2, -0.15) is 12.6 Å². The van der Waals surface area contributed by atoms with E-state index in [1.165, 1.54) is 0 Å². The third-order valence-corrected chi connectivity index (χ3v) is 2.25. The monoisotopic (exact) mass is 207 g/mol. The van der Waals surface area contributed by atoms with E-state index < -0.39 is 0 Å². The molecule has 0 bridgehead atoms. The van der Waals surface area contributed by atoms with Gasteiger partial charge in [0.25, 0.3) is 0 Å². The summed E-state index contributed by atoms with van der Waals surface area (Å²) in [5, 5.41) is 0. The summed E-state index contributed by atoms with van der Waals surface area (Å²) in [6, 6.07) is 5.21. The van der Waals surface area contributed by atoms with Gasteiger partial charge in [-0.3, -0.25) is 4.79 Å². The molecule has 1 heterocycles. The minimum absolute atomic E-state index is 0.00381. The van der Waals surface area contributed by atoms with E-state index in [2.05, 4.69) is 17.6 Å². The van der Waals surface area contributed by atoms with Crippen LogP contribution in [0.4, 0.5) is 0 Å². The topological polar surface area (TPSA) is 43.1 Å². The normalized spacial score (nSPS) is 10.7.